The fourth-order valence-electron chi connectivity index (χ4n) is 2.21. The number of ether oxygens (including phenoxy) is 4. The summed E-state index contributed by atoms with van der Waals surface area (Å²) in [5.41, 5.74) is -1.39. The van der Waals surface area contributed by atoms with Gasteiger partial charge in [0.25, 0.3) is 0 Å². The minimum absolute atomic E-state index is 0.0971. The van der Waals surface area contributed by atoms with Gasteiger partial charge >= 0.3 is 23.9 Å². The van der Waals surface area contributed by atoms with Crippen LogP contribution in [-0.2, 0) is 18.9 Å². The molecule has 0 saturated carbocycles. The van der Waals surface area contributed by atoms with Crippen LogP contribution in [0, 0.1) is 0 Å². The monoisotopic (exact) mass is 423 g/mol. The molecule has 0 amide bonds. The fourth-order valence-corrected chi connectivity index (χ4v) is 2.21. The summed E-state index contributed by atoms with van der Waals surface area (Å²) in [6, 6.07) is 1.08. The number of nitrogens with zero attached hydrogens (tertiary/aromatic N) is 1. The summed E-state index contributed by atoms with van der Waals surface area (Å²) in [4.78, 5) is 54.0. The van der Waals surface area contributed by atoms with E-state index in [9.17, 15) is 19.2 Å². The smallest absolute Gasteiger partial charge is 0.357 e. The summed E-state index contributed by atoms with van der Waals surface area (Å²) >= 11 is 0. The van der Waals surface area contributed by atoms with E-state index in [2.05, 4.69) is 4.98 Å². The maximum Gasteiger partial charge on any atom is 0.357 e. The number of hydrogen-bond acceptors (Lipinski definition) is 9. The average Bonchev–Trinajstić information content (AvgIpc) is 2.76. The first kappa shape index (κ1) is 25.1. The van der Waals surface area contributed by atoms with Crippen LogP contribution < -0.4 is 0 Å². The van der Waals surface area contributed by atoms with Crippen molar-refractivity contribution in [1.82, 2.24) is 4.98 Å². The third kappa shape index (κ3) is 7.13. The summed E-state index contributed by atoms with van der Waals surface area (Å²) < 4.78 is 20.3. The molecule has 0 aromatic carbocycles. The zero-order valence-corrected chi connectivity index (χ0v) is 17.9. The van der Waals surface area contributed by atoms with Gasteiger partial charge in [0.2, 0.25) is 0 Å². The van der Waals surface area contributed by atoms with Gasteiger partial charge in [-0.05, 0) is 31.7 Å². The zero-order valence-electron chi connectivity index (χ0n) is 17.9. The van der Waals surface area contributed by atoms with Gasteiger partial charge in [-0.3, -0.25) is 0 Å². The van der Waals surface area contributed by atoms with E-state index in [1.807, 2.05) is 13.8 Å². The molecule has 30 heavy (non-hydrogen) atoms. The second-order valence-corrected chi connectivity index (χ2v) is 6.32. The molecule has 1 heterocycles. The summed E-state index contributed by atoms with van der Waals surface area (Å²) in [7, 11) is 0. The number of hydrogen-bond donors (Lipinski definition) is 0. The van der Waals surface area contributed by atoms with Gasteiger partial charge in [-0.1, -0.05) is 27.7 Å². The Bertz CT molecular complexity index is 637. The Morgan fingerprint density at radius 2 is 0.900 bits per heavy atom. The lowest BCUT2D eigenvalue weighted by atomic mass is 10.1. The third-order valence-corrected chi connectivity index (χ3v) is 3.60. The van der Waals surface area contributed by atoms with Crippen molar-refractivity contribution in [3.05, 3.63) is 28.6 Å². The van der Waals surface area contributed by atoms with E-state index >= 15 is 0 Å². The predicted octanol–water partition coefficient (Wildman–Crippen LogP) is 3.35. The van der Waals surface area contributed by atoms with Crippen molar-refractivity contribution in [3.8, 4) is 0 Å². The molecule has 1 rings (SSSR count). The SMILES string of the molecule is CCCOC(=O)c1cc(C(=O)OCCC)c(C(=O)OCCC)nc1C(=O)OCCC. The minimum Gasteiger partial charge on any atom is -0.462 e. The Balaban J connectivity index is 3.54. The Labute approximate surface area is 176 Å². The Kier molecular flexibility index (Phi) is 11.1. The van der Waals surface area contributed by atoms with Crippen LogP contribution in [0.15, 0.2) is 6.07 Å². The van der Waals surface area contributed by atoms with E-state index in [0.717, 1.165) is 6.07 Å². The molecule has 166 valence electrons. The molecule has 0 spiro atoms. The Morgan fingerprint density at radius 1 is 0.600 bits per heavy atom. The van der Waals surface area contributed by atoms with Crippen molar-refractivity contribution < 1.29 is 38.1 Å². The van der Waals surface area contributed by atoms with Gasteiger partial charge in [0.15, 0.2) is 11.4 Å². The van der Waals surface area contributed by atoms with Crippen LogP contribution in [0.3, 0.4) is 0 Å². The van der Waals surface area contributed by atoms with Crippen LogP contribution in [0.5, 0.6) is 0 Å². The molecule has 9 heteroatoms. The van der Waals surface area contributed by atoms with E-state index in [1.165, 1.54) is 0 Å². The average molecular weight is 423 g/mol. The molecule has 0 atom stereocenters. The third-order valence-electron chi connectivity index (χ3n) is 3.60. The lowest BCUT2D eigenvalue weighted by molar-refractivity contribution is 0.0430. The first-order valence-corrected chi connectivity index (χ1v) is 10.1. The van der Waals surface area contributed by atoms with Gasteiger partial charge in [0.1, 0.15) is 0 Å². The molecule has 0 bridgehead atoms. The normalized spacial score (nSPS) is 10.3. The van der Waals surface area contributed by atoms with E-state index in [4.69, 9.17) is 18.9 Å². The van der Waals surface area contributed by atoms with E-state index < -0.39 is 35.3 Å². The molecule has 9 nitrogen and oxygen atoms in total. The second kappa shape index (κ2) is 13.3. The summed E-state index contributed by atoms with van der Waals surface area (Å²) in [5.74, 6) is -3.52. The van der Waals surface area contributed by atoms with Crippen LogP contribution in [0.2, 0.25) is 0 Å². The molecule has 0 unspecified atom stereocenters. The largest absolute Gasteiger partial charge is 0.462 e. The number of carbonyl (C=O) groups is 4. The highest BCUT2D eigenvalue weighted by atomic mass is 16.5. The molecule has 0 N–H and O–H groups in total. The van der Waals surface area contributed by atoms with E-state index in [1.54, 1.807) is 13.8 Å². The van der Waals surface area contributed by atoms with Gasteiger partial charge < -0.3 is 18.9 Å². The van der Waals surface area contributed by atoms with Crippen molar-refractivity contribution in [2.24, 2.45) is 0 Å². The van der Waals surface area contributed by atoms with Crippen molar-refractivity contribution in [1.29, 1.82) is 0 Å². The highest BCUT2D eigenvalue weighted by Crippen LogP contribution is 2.19. The molecule has 0 aliphatic rings. The number of esters is 4. The number of carbonyl (C=O) groups excluding carboxylic acids is 4. The van der Waals surface area contributed by atoms with Crippen LogP contribution in [0.1, 0.15) is 95.1 Å². The molecule has 0 radical (unpaired) electrons. The molecule has 1 aromatic rings. The highest BCUT2D eigenvalue weighted by molar-refractivity contribution is 6.08. The summed E-state index contributed by atoms with van der Waals surface area (Å²) in [5, 5.41) is 0. The molecular formula is C21H29NO8. The second-order valence-electron chi connectivity index (χ2n) is 6.32. The fraction of sp³-hybridized carbons (Fsp3) is 0.571. The van der Waals surface area contributed by atoms with Crippen LogP contribution in [0.4, 0.5) is 0 Å². The first-order chi connectivity index (χ1) is 14.4. The van der Waals surface area contributed by atoms with E-state index in [-0.39, 0.29) is 37.6 Å². The highest BCUT2D eigenvalue weighted by Gasteiger charge is 2.30. The number of aromatic nitrogens is 1. The number of pyridine rings is 1. The zero-order chi connectivity index (χ0) is 22.5. The summed E-state index contributed by atoms with van der Waals surface area (Å²) in [6.07, 6.45) is 2.21. The van der Waals surface area contributed by atoms with Gasteiger partial charge in [0.05, 0.1) is 37.6 Å². The van der Waals surface area contributed by atoms with Crippen molar-refractivity contribution in [2.75, 3.05) is 26.4 Å². The van der Waals surface area contributed by atoms with Crippen molar-refractivity contribution >= 4 is 23.9 Å². The van der Waals surface area contributed by atoms with E-state index in [0.29, 0.717) is 25.7 Å². The Hall–Kier alpha value is -2.97. The quantitative estimate of drug-likeness (QED) is 0.368. The predicted molar refractivity (Wildman–Crippen MR) is 107 cm³/mol. The van der Waals surface area contributed by atoms with Crippen LogP contribution >= 0.6 is 0 Å². The van der Waals surface area contributed by atoms with Gasteiger partial charge in [-0.25, -0.2) is 24.2 Å². The molecular weight excluding hydrogens is 394 g/mol. The number of rotatable bonds is 12. The minimum atomic E-state index is -0.904. The van der Waals surface area contributed by atoms with Crippen LogP contribution in [0.25, 0.3) is 0 Å². The first-order valence-electron chi connectivity index (χ1n) is 10.1. The lowest BCUT2D eigenvalue weighted by Crippen LogP contribution is -2.23. The van der Waals surface area contributed by atoms with Gasteiger partial charge in [0, 0.05) is 0 Å². The maximum atomic E-state index is 12.5. The molecule has 0 aliphatic carbocycles. The van der Waals surface area contributed by atoms with Crippen molar-refractivity contribution in [3.63, 3.8) is 0 Å². The standard InChI is InChI=1S/C21H29NO8/c1-5-9-27-18(23)14-13-15(19(24)28-10-6-2)17(21(26)30-12-8-4)22-16(14)20(25)29-11-7-3/h13H,5-12H2,1-4H3. The van der Waals surface area contributed by atoms with Gasteiger partial charge in [-0.15, -0.1) is 0 Å². The Morgan fingerprint density at radius 3 is 1.20 bits per heavy atom. The lowest BCUT2D eigenvalue weighted by Gasteiger charge is -2.14. The van der Waals surface area contributed by atoms with Gasteiger partial charge in [-0.2, -0.15) is 0 Å². The molecule has 0 aliphatic heterocycles. The molecule has 1 aromatic heterocycles. The topological polar surface area (TPSA) is 118 Å². The summed E-state index contributed by atoms with van der Waals surface area (Å²) in [6.45, 7) is 7.63. The van der Waals surface area contributed by atoms with Crippen molar-refractivity contribution in [2.45, 2.75) is 53.4 Å². The molecule has 0 saturated heterocycles. The molecule has 0 fully saturated rings. The maximum absolute atomic E-state index is 12.5. The van der Waals surface area contributed by atoms with Crippen LogP contribution in [-0.4, -0.2) is 55.3 Å².